The zero-order valence-electron chi connectivity index (χ0n) is 30.8. The smallest absolute Gasteiger partial charge is 0.302 e. The Morgan fingerprint density at radius 3 is 2.23 bits per heavy atom. The number of ether oxygens (including phenoxy) is 4. The normalized spacial score (nSPS) is 48.5. The lowest BCUT2D eigenvalue weighted by Crippen LogP contribution is -2.68. The molecule has 4 aliphatic carbocycles. The van der Waals surface area contributed by atoms with E-state index in [4.69, 9.17) is 18.9 Å². The van der Waals surface area contributed by atoms with Gasteiger partial charge in [-0.25, -0.2) is 0 Å². The van der Waals surface area contributed by atoms with Crippen LogP contribution >= 0.6 is 0 Å². The molecule has 5 aliphatic rings. The van der Waals surface area contributed by atoms with Crippen molar-refractivity contribution in [3.63, 3.8) is 0 Å². The molecule has 0 spiro atoms. The van der Waals surface area contributed by atoms with Crippen LogP contribution in [0.25, 0.3) is 0 Å². The second kappa shape index (κ2) is 13.5. The van der Waals surface area contributed by atoms with Gasteiger partial charge in [-0.1, -0.05) is 46.3 Å². The van der Waals surface area contributed by atoms with E-state index in [0.717, 1.165) is 50.5 Å². The number of methoxy groups -OCH3 is 1. The molecule has 1 aliphatic heterocycles. The molecule has 5 rings (SSSR count). The van der Waals surface area contributed by atoms with Gasteiger partial charge in [0.25, 0.3) is 0 Å². The monoisotopic (exact) mass is 680 g/mol. The number of allylic oxidation sites excluding steroid dienone is 1. The zero-order valence-corrected chi connectivity index (χ0v) is 30.8. The first kappa shape index (κ1) is 38.1. The summed E-state index contributed by atoms with van der Waals surface area (Å²) in [4.78, 5) is 12.0. The fourth-order valence-corrected chi connectivity index (χ4v) is 12.3. The molecule has 10 nitrogen and oxygen atoms in total. The lowest BCUT2D eigenvalue weighted by molar-refractivity contribution is -0.343. The van der Waals surface area contributed by atoms with E-state index in [1.807, 2.05) is 19.9 Å². The molecule has 10 heteroatoms. The number of aliphatic hydroxyl groups excluding tert-OH is 4. The van der Waals surface area contributed by atoms with Crippen LogP contribution in [-0.4, -0.2) is 93.9 Å². The molecular weight excluding hydrogens is 616 g/mol. The summed E-state index contributed by atoms with van der Waals surface area (Å²) in [6.45, 7) is 17.2. The van der Waals surface area contributed by atoms with Crippen LogP contribution < -0.4 is 0 Å². The summed E-state index contributed by atoms with van der Waals surface area (Å²) in [6, 6.07) is 0. The highest BCUT2D eigenvalue weighted by Crippen LogP contribution is 2.76. The maximum Gasteiger partial charge on any atom is 0.302 e. The Morgan fingerprint density at radius 2 is 1.58 bits per heavy atom. The molecule has 0 radical (unpaired) electrons. The summed E-state index contributed by atoms with van der Waals surface area (Å²) >= 11 is 0. The number of aliphatic hydroxyl groups is 5. The molecule has 48 heavy (non-hydrogen) atoms. The van der Waals surface area contributed by atoms with E-state index < -0.39 is 42.6 Å². The van der Waals surface area contributed by atoms with Gasteiger partial charge in [0, 0.05) is 19.4 Å². The molecular formula is C38H64O10. The van der Waals surface area contributed by atoms with Crippen LogP contribution in [0.3, 0.4) is 0 Å². The Morgan fingerprint density at radius 1 is 0.917 bits per heavy atom. The fourth-order valence-electron chi connectivity index (χ4n) is 12.3. The van der Waals surface area contributed by atoms with E-state index >= 15 is 0 Å². The van der Waals surface area contributed by atoms with Gasteiger partial charge >= 0.3 is 5.97 Å². The Hall–Kier alpha value is -1.11. The van der Waals surface area contributed by atoms with Gasteiger partial charge < -0.3 is 44.5 Å². The second-order valence-electron chi connectivity index (χ2n) is 17.8. The first-order valence-electron chi connectivity index (χ1n) is 18.3. The van der Waals surface area contributed by atoms with Crippen molar-refractivity contribution in [3.8, 4) is 0 Å². The van der Waals surface area contributed by atoms with E-state index in [0.29, 0.717) is 24.7 Å². The minimum Gasteiger partial charge on any atom is -0.462 e. The zero-order chi connectivity index (χ0) is 35.6. The van der Waals surface area contributed by atoms with Crippen LogP contribution in [0.2, 0.25) is 0 Å². The average molecular weight is 681 g/mol. The van der Waals surface area contributed by atoms with Crippen molar-refractivity contribution in [1.82, 2.24) is 0 Å². The number of rotatable bonds is 9. The van der Waals surface area contributed by atoms with E-state index in [-0.39, 0.29) is 52.2 Å². The van der Waals surface area contributed by atoms with Crippen molar-refractivity contribution in [1.29, 1.82) is 0 Å². The Balaban J connectivity index is 1.24. The largest absolute Gasteiger partial charge is 0.462 e. The Labute approximate surface area is 287 Å². The average Bonchev–Trinajstić information content (AvgIpc) is 3.36. The minimum absolute atomic E-state index is 0.00492. The first-order valence-corrected chi connectivity index (χ1v) is 18.3. The molecule has 0 aromatic carbocycles. The summed E-state index contributed by atoms with van der Waals surface area (Å²) in [6.07, 6.45) is 2.82. The van der Waals surface area contributed by atoms with Crippen LogP contribution in [-0.2, 0) is 23.7 Å². The van der Waals surface area contributed by atoms with Crippen LogP contribution in [0.5, 0.6) is 0 Å². The highest BCUT2D eigenvalue weighted by Gasteiger charge is 2.71. The summed E-state index contributed by atoms with van der Waals surface area (Å²) < 4.78 is 22.1. The predicted octanol–water partition coefficient (Wildman–Crippen LogP) is 4.48. The van der Waals surface area contributed by atoms with Crippen LogP contribution in [0.4, 0.5) is 0 Å². The van der Waals surface area contributed by atoms with Crippen molar-refractivity contribution >= 4 is 5.97 Å². The highest BCUT2D eigenvalue weighted by molar-refractivity contribution is 5.66. The predicted molar refractivity (Wildman–Crippen MR) is 179 cm³/mol. The first-order chi connectivity index (χ1) is 22.2. The third-order valence-corrected chi connectivity index (χ3v) is 14.7. The summed E-state index contributed by atoms with van der Waals surface area (Å²) in [5.74, 6) is 0.766. The molecule has 0 aromatic heterocycles. The Bertz CT molecular complexity index is 1200. The molecule has 1 saturated heterocycles. The maximum absolute atomic E-state index is 12.0. The molecule has 0 amide bonds. The number of fused-ring (bicyclic) bond motifs is 5. The number of carbonyl (C=O) groups excluding carboxylic acids is 1. The van der Waals surface area contributed by atoms with Gasteiger partial charge in [-0.3, -0.25) is 4.79 Å². The standard InChI is InChI=1S/C38H64O10/c1-21(20-46-33-30(43)28(41)29(42)32(45-9)48-33)11-10-16-38(8,44)24-14-18-36(6)23(24)12-13-26-35(5)17-15-27(47-22(2)39)34(3,4)31(35)25(40)19-37(26,36)7/h11,23-33,40-44H,10,12-20H2,1-9H3/b21-11+/t23-,24-,25-,26+,27-,28-,29-,30+,31-,32-,33+,35+,36+,37+,38-/m0/s1. The van der Waals surface area contributed by atoms with Crippen molar-refractivity contribution in [2.75, 3.05) is 13.7 Å². The summed E-state index contributed by atoms with van der Waals surface area (Å²) in [5.41, 5.74) is -0.412. The van der Waals surface area contributed by atoms with Crippen LogP contribution in [0, 0.1) is 45.3 Å². The third-order valence-electron chi connectivity index (χ3n) is 14.7. The molecule has 4 saturated carbocycles. The molecule has 15 atom stereocenters. The van der Waals surface area contributed by atoms with Gasteiger partial charge in [-0.05, 0) is 112 Å². The van der Waals surface area contributed by atoms with Gasteiger partial charge in [-0.15, -0.1) is 0 Å². The van der Waals surface area contributed by atoms with Gasteiger partial charge in [0.2, 0.25) is 0 Å². The van der Waals surface area contributed by atoms with Crippen molar-refractivity contribution in [2.45, 2.75) is 162 Å². The molecule has 0 unspecified atom stereocenters. The van der Waals surface area contributed by atoms with Crippen LogP contribution in [0.1, 0.15) is 113 Å². The third kappa shape index (κ3) is 6.22. The van der Waals surface area contributed by atoms with Gasteiger partial charge in [0.05, 0.1) is 18.3 Å². The van der Waals surface area contributed by atoms with E-state index in [1.54, 1.807) is 0 Å². The Kier molecular flexibility index (Phi) is 10.7. The quantitative estimate of drug-likeness (QED) is 0.174. The topological polar surface area (TPSA) is 155 Å². The highest BCUT2D eigenvalue weighted by atomic mass is 16.8. The summed E-state index contributed by atoms with van der Waals surface area (Å²) in [5, 5.41) is 54.5. The van der Waals surface area contributed by atoms with Gasteiger partial charge in [-0.2, -0.15) is 0 Å². The molecule has 0 bridgehead atoms. The maximum atomic E-state index is 12.0. The SMILES string of the molecule is CO[C@H]1O[C@@H](OC/C(C)=C/CC[C@](C)(O)[C@H]2CC[C@]3(C)[C@H]2CC[C@@H]2[C@@]4(C)CC[C@H](OC(C)=O)C(C)(C)[C@@H]4[C@@H](O)C[C@]23C)[C@H](O)[C@@H](O)[C@@H]1O. The second-order valence-corrected chi connectivity index (χ2v) is 17.8. The van der Waals surface area contributed by atoms with E-state index in [2.05, 4.69) is 34.6 Å². The van der Waals surface area contributed by atoms with Gasteiger partial charge in [0.1, 0.15) is 24.4 Å². The molecule has 276 valence electrons. The van der Waals surface area contributed by atoms with Crippen molar-refractivity contribution < 1.29 is 49.3 Å². The molecule has 5 fully saturated rings. The van der Waals surface area contributed by atoms with Gasteiger partial charge in [0.15, 0.2) is 12.6 Å². The molecule has 1 heterocycles. The molecule has 0 aromatic rings. The molecule has 5 N–H and O–H groups in total. The number of hydrogen-bond acceptors (Lipinski definition) is 10. The lowest BCUT2D eigenvalue weighted by Gasteiger charge is -2.71. The van der Waals surface area contributed by atoms with Crippen molar-refractivity contribution in [2.24, 2.45) is 45.3 Å². The summed E-state index contributed by atoms with van der Waals surface area (Å²) in [7, 11) is 1.35. The van der Waals surface area contributed by atoms with E-state index in [9.17, 15) is 30.3 Å². The van der Waals surface area contributed by atoms with Crippen molar-refractivity contribution in [3.05, 3.63) is 11.6 Å². The fraction of sp³-hybridized carbons (Fsp3) is 0.921. The minimum atomic E-state index is -1.45. The number of carbonyl (C=O) groups is 1. The van der Waals surface area contributed by atoms with E-state index in [1.165, 1.54) is 14.0 Å². The number of esters is 1. The lowest BCUT2D eigenvalue weighted by atomic mass is 9.35. The van der Waals surface area contributed by atoms with Crippen LogP contribution in [0.15, 0.2) is 11.6 Å². The number of hydrogen-bond donors (Lipinski definition) is 5.